The summed E-state index contributed by atoms with van der Waals surface area (Å²) in [7, 11) is 2.01. The van der Waals surface area contributed by atoms with E-state index in [9.17, 15) is 0 Å². The predicted molar refractivity (Wildman–Crippen MR) is 85.7 cm³/mol. The highest BCUT2D eigenvalue weighted by atomic mass is 15.2. The lowest BCUT2D eigenvalue weighted by Crippen LogP contribution is -2.27. The number of nitrogens with zero attached hydrogens (tertiary/aromatic N) is 2. The molecule has 0 saturated carbocycles. The molecular weight excluding hydrogens is 246 g/mol. The minimum absolute atomic E-state index is 0.968. The van der Waals surface area contributed by atoms with E-state index >= 15 is 0 Å². The van der Waals surface area contributed by atoms with E-state index in [-0.39, 0.29) is 0 Å². The highest BCUT2D eigenvalue weighted by Gasteiger charge is 2.18. The Morgan fingerprint density at radius 1 is 1.15 bits per heavy atom. The third kappa shape index (κ3) is 4.05. The number of benzene rings is 1. The second-order valence-electron chi connectivity index (χ2n) is 5.72. The number of nitrogens with one attached hydrogen (secondary N) is 1. The van der Waals surface area contributed by atoms with Gasteiger partial charge in [-0.15, -0.1) is 0 Å². The Hall–Kier alpha value is -0.900. The Morgan fingerprint density at radius 3 is 2.60 bits per heavy atom. The first-order chi connectivity index (χ1) is 9.76. The molecule has 0 saturated heterocycles. The van der Waals surface area contributed by atoms with Crippen LogP contribution in [0.3, 0.4) is 0 Å². The van der Waals surface area contributed by atoms with E-state index in [1.807, 2.05) is 7.05 Å². The van der Waals surface area contributed by atoms with Gasteiger partial charge >= 0.3 is 0 Å². The molecule has 3 heteroatoms. The Kier molecular flexibility index (Phi) is 6.02. The minimum Gasteiger partial charge on any atom is -0.316 e. The number of rotatable bonds is 8. The van der Waals surface area contributed by atoms with Crippen LogP contribution in [-0.2, 0) is 19.6 Å². The van der Waals surface area contributed by atoms with Crippen molar-refractivity contribution < 1.29 is 0 Å². The SMILES string of the molecule is CCN(CC)CCCN1Cc2ccc(CNC)cc2C1. The van der Waals surface area contributed by atoms with Crippen LogP contribution < -0.4 is 5.32 Å². The quantitative estimate of drug-likeness (QED) is 0.786. The van der Waals surface area contributed by atoms with Crippen LogP contribution in [0.5, 0.6) is 0 Å². The molecule has 0 amide bonds. The second kappa shape index (κ2) is 7.77. The van der Waals surface area contributed by atoms with Gasteiger partial charge in [0.05, 0.1) is 0 Å². The molecule has 0 aromatic heterocycles. The molecule has 1 heterocycles. The topological polar surface area (TPSA) is 18.5 Å². The molecule has 1 aromatic rings. The molecular formula is C17H29N3. The first-order valence-corrected chi connectivity index (χ1v) is 7.96. The van der Waals surface area contributed by atoms with E-state index in [1.165, 1.54) is 49.3 Å². The molecule has 0 spiro atoms. The normalized spacial score (nSPS) is 15.0. The fraction of sp³-hybridized carbons (Fsp3) is 0.647. The van der Waals surface area contributed by atoms with Crippen LogP contribution in [0.15, 0.2) is 18.2 Å². The van der Waals surface area contributed by atoms with E-state index in [1.54, 1.807) is 0 Å². The zero-order valence-electron chi connectivity index (χ0n) is 13.3. The molecule has 0 radical (unpaired) electrons. The molecule has 1 aliphatic heterocycles. The molecule has 1 N–H and O–H groups in total. The van der Waals surface area contributed by atoms with Crippen LogP contribution >= 0.6 is 0 Å². The molecule has 1 aliphatic rings. The van der Waals surface area contributed by atoms with E-state index in [0.29, 0.717) is 0 Å². The van der Waals surface area contributed by atoms with Gasteiger partial charge in [0.2, 0.25) is 0 Å². The predicted octanol–water partition coefficient (Wildman–Crippen LogP) is 2.45. The van der Waals surface area contributed by atoms with E-state index in [0.717, 1.165) is 19.6 Å². The highest BCUT2D eigenvalue weighted by Crippen LogP contribution is 2.23. The Bertz CT molecular complexity index is 413. The van der Waals surface area contributed by atoms with Crippen molar-refractivity contribution in [2.24, 2.45) is 0 Å². The molecule has 0 unspecified atom stereocenters. The fourth-order valence-corrected chi connectivity index (χ4v) is 3.05. The summed E-state index contributed by atoms with van der Waals surface area (Å²) in [6.45, 7) is 12.5. The maximum Gasteiger partial charge on any atom is 0.0240 e. The molecule has 20 heavy (non-hydrogen) atoms. The maximum absolute atomic E-state index is 3.23. The van der Waals surface area contributed by atoms with Crippen molar-refractivity contribution in [2.75, 3.05) is 33.2 Å². The minimum atomic E-state index is 0.968. The van der Waals surface area contributed by atoms with Crippen LogP contribution in [-0.4, -0.2) is 43.0 Å². The molecule has 0 atom stereocenters. The summed E-state index contributed by atoms with van der Waals surface area (Å²) >= 11 is 0. The highest BCUT2D eigenvalue weighted by molar-refractivity contribution is 5.34. The number of fused-ring (bicyclic) bond motifs is 1. The number of hydrogen-bond donors (Lipinski definition) is 1. The van der Waals surface area contributed by atoms with Gasteiger partial charge in [-0.25, -0.2) is 0 Å². The lowest BCUT2D eigenvalue weighted by Gasteiger charge is -2.20. The lowest BCUT2D eigenvalue weighted by atomic mass is 10.1. The maximum atomic E-state index is 3.23. The van der Waals surface area contributed by atoms with Crippen LogP contribution in [0, 0.1) is 0 Å². The Labute approximate surface area is 124 Å². The first kappa shape index (κ1) is 15.5. The summed E-state index contributed by atoms with van der Waals surface area (Å²) in [6, 6.07) is 6.94. The van der Waals surface area contributed by atoms with Gasteiger partial charge in [0, 0.05) is 26.2 Å². The van der Waals surface area contributed by atoms with Crippen LogP contribution in [0.4, 0.5) is 0 Å². The summed E-state index contributed by atoms with van der Waals surface area (Å²) in [5.41, 5.74) is 4.45. The van der Waals surface area contributed by atoms with Gasteiger partial charge < -0.3 is 10.2 Å². The third-order valence-corrected chi connectivity index (χ3v) is 4.28. The zero-order chi connectivity index (χ0) is 14.4. The van der Waals surface area contributed by atoms with Gasteiger partial charge in [-0.05, 0) is 49.8 Å². The first-order valence-electron chi connectivity index (χ1n) is 7.96. The monoisotopic (exact) mass is 275 g/mol. The van der Waals surface area contributed by atoms with E-state index < -0.39 is 0 Å². The van der Waals surface area contributed by atoms with E-state index in [2.05, 4.69) is 47.2 Å². The largest absolute Gasteiger partial charge is 0.316 e. The van der Waals surface area contributed by atoms with E-state index in [4.69, 9.17) is 0 Å². The van der Waals surface area contributed by atoms with Gasteiger partial charge in [-0.2, -0.15) is 0 Å². The van der Waals surface area contributed by atoms with Crippen molar-refractivity contribution in [2.45, 2.75) is 39.9 Å². The van der Waals surface area contributed by atoms with Crippen LogP contribution in [0.25, 0.3) is 0 Å². The third-order valence-electron chi connectivity index (χ3n) is 4.28. The van der Waals surface area contributed by atoms with Crippen molar-refractivity contribution >= 4 is 0 Å². The van der Waals surface area contributed by atoms with Crippen molar-refractivity contribution in [1.29, 1.82) is 0 Å². The Balaban J connectivity index is 1.80. The van der Waals surface area contributed by atoms with Gasteiger partial charge in [-0.1, -0.05) is 32.0 Å². The van der Waals surface area contributed by atoms with Gasteiger partial charge in [-0.3, -0.25) is 4.90 Å². The molecule has 3 nitrogen and oxygen atoms in total. The second-order valence-corrected chi connectivity index (χ2v) is 5.72. The fourth-order valence-electron chi connectivity index (χ4n) is 3.05. The van der Waals surface area contributed by atoms with Crippen molar-refractivity contribution in [3.05, 3.63) is 34.9 Å². The Morgan fingerprint density at radius 2 is 1.90 bits per heavy atom. The molecule has 2 rings (SSSR count). The van der Waals surface area contributed by atoms with Crippen LogP contribution in [0.2, 0.25) is 0 Å². The molecule has 0 fully saturated rings. The van der Waals surface area contributed by atoms with Crippen LogP contribution in [0.1, 0.15) is 37.0 Å². The summed E-state index contributed by atoms with van der Waals surface area (Å²) in [5.74, 6) is 0. The van der Waals surface area contributed by atoms with Crippen molar-refractivity contribution in [1.82, 2.24) is 15.1 Å². The summed E-state index contributed by atoms with van der Waals surface area (Å²) < 4.78 is 0. The molecule has 112 valence electrons. The van der Waals surface area contributed by atoms with Gasteiger partial charge in [0.25, 0.3) is 0 Å². The average Bonchev–Trinajstić information content (AvgIpc) is 2.86. The molecule has 1 aromatic carbocycles. The number of hydrogen-bond acceptors (Lipinski definition) is 3. The van der Waals surface area contributed by atoms with Gasteiger partial charge in [0.1, 0.15) is 0 Å². The van der Waals surface area contributed by atoms with Crippen molar-refractivity contribution in [3.8, 4) is 0 Å². The lowest BCUT2D eigenvalue weighted by molar-refractivity contribution is 0.240. The summed E-state index contributed by atoms with van der Waals surface area (Å²) in [4.78, 5) is 5.09. The average molecular weight is 275 g/mol. The summed E-state index contributed by atoms with van der Waals surface area (Å²) in [6.07, 6.45) is 1.28. The summed E-state index contributed by atoms with van der Waals surface area (Å²) in [5, 5.41) is 3.23. The van der Waals surface area contributed by atoms with Crippen molar-refractivity contribution in [3.63, 3.8) is 0 Å². The smallest absolute Gasteiger partial charge is 0.0240 e. The zero-order valence-corrected chi connectivity index (χ0v) is 13.3. The molecule has 0 bridgehead atoms. The molecule has 0 aliphatic carbocycles. The van der Waals surface area contributed by atoms with Gasteiger partial charge in [0.15, 0.2) is 0 Å². The standard InChI is InChI=1S/C17H29N3/c1-4-19(5-2)9-6-10-20-13-16-8-7-15(12-18-3)11-17(16)14-20/h7-8,11,18H,4-6,9-10,12-14H2,1-3H3.